The lowest BCUT2D eigenvalue weighted by molar-refractivity contribution is -0.140. The molecule has 4 N–H and O–H groups in total. The van der Waals surface area contributed by atoms with Gasteiger partial charge in [0.15, 0.2) is 6.04 Å². The zero-order valence-corrected chi connectivity index (χ0v) is 20.2. The number of rotatable bonds is 7. The number of nitrogens with zero attached hydrogens (tertiary/aromatic N) is 1. The van der Waals surface area contributed by atoms with Crippen LogP contribution in [-0.4, -0.2) is 54.5 Å². The molecule has 1 atom stereocenters. The Labute approximate surface area is 200 Å². The molecular formula is C26H32N4O4. The van der Waals surface area contributed by atoms with E-state index in [1.54, 1.807) is 24.3 Å². The molecule has 0 aromatic heterocycles. The first-order chi connectivity index (χ1) is 16.1. The van der Waals surface area contributed by atoms with Crippen LogP contribution in [0.25, 0.3) is 0 Å². The molecule has 2 aromatic carbocycles. The third-order valence-corrected chi connectivity index (χ3v) is 4.98. The van der Waals surface area contributed by atoms with Gasteiger partial charge in [-0.2, -0.15) is 0 Å². The minimum absolute atomic E-state index is 0.237. The van der Waals surface area contributed by atoms with Gasteiger partial charge in [-0.3, -0.25) is 19.6 Å². The quantitative estimate of drug-likeness (QED) is 0.217. The van der Waals surface area contributed by atoms with E-state index in [2.05, 4.69) is 43.2 Å². The highest BCUT2D eigenvalue weighted by Gasteiger charge is 2.33. The molecule has 34 heavy (non-hydrogen) atoms. The molecule has 2 aromatic rings. The van der Waals surface area contributed by atoms with Gasteiger partial charge >= 0.3 is 0 Å². The second-order valence-corrected chi connectivity index (χ2v) is 9.10. The van der Waals surface area contributed by atoms with Crippen LogP contribution >= 0.6 is 0 Å². The molecule has 8 heteroatoms. The van der Waals surface area contributed by atoms with Crippen LogP contribution in [0.5, 0.6) is 0 Å². The SMILES string of the molecule is CNC(=O)C(C(=O)NO)N(C)C(=O)c1ccc(C#Cc2ccc(CNCC(C)(C)C)cc2)cc1. The first kappa shape index (κ1) is 26.6. The van der Waals surface area contributed by atoms with E-state index in [0.717, 1.165) is 23.6 Å². The van der Waals surface area contributed by atoms with Crippen LogP contribution in [0.15, 0.2) is 48.5 Å². The standard InChI is InChI=1S/C26H32N4O4/c1-26(2,3)17-28-16-20-10-8-18(9-11-20)6-7-19-12-14-21(15-13-19)25(33)30(5)22(23(31)27-4)24(32)29-34/h8-15,22,28,34H,16-17H2,1-5H3,(H,27,31)(H,29,32). The Bertz CT molecular complexity index is 1050. The van der Waals surface area contributed by atoms with Gasteiger partial charge in [-0.1, -0.05) is 44.7 Å². The largest absolute Gasteiger partial charge is 0.357 e. The number of hydroxylamine groups is 1. The molecule has 0 aliphatic carbocycles. The Kier molecular flexibility index (Phi) is 9.36. The highest BCUT2D eigenvalue weighted by molar-refractivity contribution is 6.08. The second-order valence-electron chi connectivity index (χ2n) is 9.10. The molecule has 0 saturated carbocycles. The summed E-state index contributed by atoms with van der Waals surface area (Å²) >= 11 is 0. The third kappa shape index (κ3) is 7.73. The summed E-state index contributed by atoms with van der Waals surface area (Å²) in [6, 6.07) is 13.1. The molecule has 8 nitrogen and oxygen atoms in total. The summed E-state index contributed by atoms with van der Waals surface area (Å²) in [7, 11) is 2.65. The van der Waals surface area contributed by atoms with E-state index in [-0.39, 0.29) is 11.0 Å². The van der Waals surface area contributed by atoms with Crippen molar-refractivity contribution in [1.82, 2.24) is 21.0 Å². The number of carbonyl (C=O) groups excluding carboxylic acids is 3. The van der Waals surface area contributed by atoms with Crippen LogP contribution in [-0.2, 0) is 16.1 Å². The van der Waals surface area contributed by atoms with Crippen molar-refractivity contribution in [3.05, 3.63) is 70.8 Å². The van der Waals surface area contributed by atoms with Gasteiger partial charge in [0, 0.05) is 43.9 Å². The topological polar surface area (TPSA) is 111 Å². The fourth-order valence-electron chi connectivity index (χ4n) is 3.12. The van der Waals surface area contributed by atoms with Gasteiger partial charge < -0.3 is 15.5 Å². The van der Waals surface area contributed by atoms with Crippen molar-refractivity contribution in [3.63, 3.8) is 0 Å². The van der Waals surface area contributed by atoms with Gasteiger partial charge in [0.05, 0.1) is 0 Å². The molecule has 0 fully saturated rings. The summed E-state index contributed by atoms with van der Waals surface area (Å²) in [4.78, 5) is 37.5. The van der Waals surface area contributed by atoms with E-state index < -0.39 is 23.8 Å². The highest BCUT2D eigenvalue weighted by Crippen LogP contribution is 2.12. The Morgan fingerprint density at radius 2 is 1.47 bits per heavy atom. The summed E-state index contributed by atoms with van der Waals surface area (Å²) in [6.45, 7) is 8.31. The lowest BCUT2D eigenvalue weighted by Crippen LogP contribution is -2.54. The molecule has 0 aliphatic rings. The maximum atomic E-state index is 12.7. The molecule has 0 heterocycles. The van der Waals surface area contributed by atoms with Crippen molar-refractivity contribution in [1.29, 1.82) is 0 Å². The van der Waals surface area contributed by atoms with Crippen molar-refractivity contribution in [2.75, 3.05) is 20.6 Å². The van der Waals surface area contributed by atoms with Gasteiger partial charge in [-0.25, -0.2) is 5.48 Å². The number of likely N-dealkylation sites (N-methyl/N-ethyl adjacent to an activating group) is 2. The van der Waals surface area contributed by atoms with Crippen LogP contribution in [0.4, 0.5) is 0 Å². The van der Waals surface area contributed by atoms with E-state index in [1.165, 1.54) is 25.1 Å². The van der Waals surface area contributed by atoms with Crippen LogP contribution in [0.3, 0.4) is 0 Å². The molecule has 0 aliphatic heterocycles. The summed E-state index contributed by atoms with van der Waals surface area (Å²) in [5.41, 5.74) is 4.71. The summed E-state index contributed by atoms with van der Waals surface area (Å²) in [6.07, 6.45) is 0. The van der Waals surface area contributed by atoms with Gasteiger partial charge in [0.2, 0.25) is 0 Å². The van der Waals surface area contributed by atoms with E-state index >= 15 is 0 Å². The Morgan fingerprint density at radius 3 is 1.94 bits per heavy atom. The fraction of sp³-hybridized carbons (Fsp3) is 0.346. The average Bonchev–Trinajstić information content (AvgIpc) is 2.82. The van der Waals surface area contributed by atoms with Gasteiger partial charge in [-0.05, 0) is 47.4 Å². The molecule has 3 amide bonds. The zero-order chi connectivity index (χ0) is 25.3. The lowest BCUT2D eigenvalue weighted by Gasteiger charge is -2.25. The first-order valence-electron chi connectivity index (χ1n) is 10.9. The number of benzene rings is 2. The number of hydrogen-bond acceptors (Lipinski definition) is 5. The van der Waals surface area contributed by atoms with Crippen LogP contribution in [0.1, 0.15) is 47.8 Å². The number of amides is 3. The first-order valence-corrected chi connectivity index (χ1v) is 10.9. The Morgan fingerprint density at radius 1 is 0.941 bits per heavy atom. The van der Waals surface area contributed by atoms with Crippen molar-refractivity contribution < 1.29 is 19.6 Å². The minimum atomic E-state index is -1.51. The predicted molar refractivity (Wildman–Crippen MR) is 130 cm³/mol. The van der Waals surface area contributed by atoms with Crippen molar-refractivity contribution in [3.8, 4) is 11.8 Å². The van der Waals surface area contributed by atoms with E-state index in [1.807, 2.05) is 24.3 Å². The van der Waals surface area contributed by atoms with E-state index in [9.17, 15) is 14.4 Å². The van der Waals surface area contributed by atoms with E-state index in [0.29, 0.717) is 5.56 Å². The summed E-state index contributed by atoms with van der Waals surface area (Å²) in [5, 5.41) is 14.6. The number of carbonyl (C=O) groups is 3. The molecule has 1 unspecified atom stereocenters. The van der Waals surface area contributed by atoms with Gasteiger partial charge in [-0.15, -0.1) is 0 Å². The monoisotopic (exact) mass is 464 g/mol. The van der Waals surface area contributed by atoms with Crippen molar-refractivity contribution >= 4 is 17.7 Å². The van der Waals surface area contributed by atoms with Crippen LogP contribution < -0.4 is 16.1 Å². The highest BCUT2D eigenvalue weighted by atomic mass is 16.5. The molecule has 0 spiro atoms. The summed E-state index contributed by atoms with van der Waals surface area (Å²) in [5.74, 6) is 3.89. The zero-order valence-electron chi connectivity index (χ0n) is 20.2. The van der Waals surface area contributed by atoms with Crippen LogP contribution in [0, 0.1) is 17.3 Å². The maximum absolute atomic E-state index is 12.7. The fourth-order valence-corrected chi connectivity index (χ4v) is 3.12. The van der Waals surface area contributed by atoms with Crippen LogP contribution in [0.2, 0.25) is 0 Å². The van der Waals surface area contributed by atoms with Crippen molar-refractivity contribution in [2.45, 2.75) is 33.4 Å². The van der Waals surface area contributed by atoms with Gasteiger partial charge in [0.1, 0.15) is 0 Å². The molecule has 0 bridgehead atoms. The lowest BCUT2D eigenvalue weighted by atomic mass is 9.97. The smallest absolute Gasteiger partial charge is 0.275 e. The average molecular weight is 465 g/mol. The molecule has 180 valence electrons. The predicted octanol–water partition coefficient (Wildman–Crippen LogP) is 1.91. The minimum Gasteiger partial charge on any atom is -0.357 e. The second kappa shape index (κ2) is 12.0. The molecule has 2 rings (SSSR count). The Hall–Kier alpha value is -3.67. The molecular weight excluding hydrogens is 432 g/mol. The third-order valence-electron chi connectivity index (χ3n) is 4.98. The maximum Gasteiger partial charge on any atom is 0.275 e. The van der Waals surface area contributed by atoms with Crippen molar-refractivity contribution in [2.24, 2.45) is 5.41 Å². The number of hydrogen-bond donors (Lipinski definition) is 4. The Balaban J connectivity index is 2.04. The summed E-state index contributed by atoms with van der Waals surface area (Å²) < 4.78 is 0. The molecule has 0 radical (unpaired) electrons. The van der Waals surface area contributed by atoms with Gasteiger partial charge in [0.25, 0.3) is 17.7 Å². The van der Waals surface area contributed by atoms with E-state index in [4.69, 9.17) is 5.21 Å². The normalized spacial score (nSPS) is 11.6. The molecule has 0 saturated heterocycles. The number of nitrogens with one attached hydrogen (secondary N) is 3.